The number of nitrogens with one attached hydrogen (secondary N) is 1. The number of ether oxygens (including phenoxy) is 1. The molecule has 0 radical (unpaired) electrons. The van der Waals surface area contributed by atoms with E-state index in [4.69, 9.17) is 4.74 Å². The van der Waals surface area contributed by atoms with Crippen LogP contribution in [0.2, 0.25) is 0 Å². The third-order valence-electron chi connectivity index (χ3n) is 2.45. The molecule has 58 valence electrons. The number of aliphatic hydroxyl groups excluding tert-OH is 1. The second-order valence-corrected chi connectivity index (χ2v) is 3.10. The quantitative estimate of drug-likeness (QED) is 0.474. The van der Waals surface area contributed by atoms with E-state index < -0.39 is 0 Å². The van der Waals surface area contributed by atoms with Gasteiger partial charge in [0.25, 0.3) is 0 Å². The van der Waals surface area contributed by atoms with Crippen LogP contribution in [-0.2, 0) is 4.74 Å². The lowest BCUT2D eigenvalue weighted by atomic mass is 9.92. The van der Waals surface area contributed by atoms with Crippen molar-refractivity contribution in [2.45, 2.75) is 18.6 Å². The van der Waals surface area contributed by atoms with Crippen LogP contribution in [0.1, 0.15) is 6.42 Å². The van der Waals surface area contributed by atoms with Gasteiger partial charge in [0.05, 0.1) is 18.8 Å². The lowest BCUT2D eigenvalue weighted by Gasteiger charge is -2.25. The lowest BCUT2D eigenvalue weighted by Crippen LogP contribution is -2.41. The van der Waals surface area contributed by atoms with Gasteiger partial charge < -0.3 is 15.2 Å². The predicted octanol–water partition coefficient (Wildman–Crippen LogP) is -0.644. The van der Waals surface area contributed by atoms with E-state index in [1.807, 2.05) is 0 Å². The number of rotatable bonds is 0. The molecule has 2 aliphatic heterocycles. The summed E-state index contributed by atoms with van der Waals surface area (Å²) in [7, 11) is 0. The molecule has 0 aromatic rings. The van der Waals surface area contributed by atoms with Gasteiger partial charge in [-0.25, -0.2) is 0 Å². The molecule has 0 bridgehead atoms. The largest absolute Gasteiger partial charge is 0.390 e. The Labute approximate surface area is 60.4 Å². The molecule has 2 N–H and O–H groups in total. The first-order chi connectivity index (χ1) is 4.88. The fourth-order valence-electron chi connectivity index (χ4n) is 1.82. The van der Waals surface area contributed by atoms with Crippen molar-refractivity contribution in [2.75, 3.05) is 19.7 Å². The van der Waals surface area contributed by atoms with Crippen LogP contribution in [0, 0.1) is 5.92 Å². The minimum atomic E-state index is -0.202. The molecule has 0 aromatic carbocycles. The number of fused-ring (bicyclic) bond motifs is 1. The van der Waals surface area contributed by atoms with Crippen molar-refractivity contribution in [3.8, 4) is 0 Å². The third kappa shape index (κ3) is 0.944. The summed E-state index contributed by atoms with van der Waals surface area (Å²) in [4.78, 5) is 0. The Morgan fingerprint density at radius 2 is 2.40 bits per heavy atom. The maximum Gasteiger partial charge on any atom is 0.0827 e. The smallest absolute Gasteiger partial charge is 0.0827 e. The van der Waals surface area contributed by atoms with Crippen LogP contribution in [0.4, 0.5) is 0 Å². The molecule has 3 atom stereocenters. The van der Waals surface area contributed by atoms with Crippen molar-refractivity contribution in [1.29, 1.82) is 0 Å². The van der Waals surface area contributed by atoms with Gasteiger partial charge in [-0.1, -0.05) is 0 Å². The second-order valence-electron chi connectivity index (χ2n) is 3.10. The topological polar surface area (TPSA) is 41.5 Å². The van der Waals surface area contributed by atoms with Gasteiger partial charge >= 0.3 is 0 Å². The van der Waals surface area contributed by atoms with E-state index in [-0.39, 0.29) is 12.2 Å². The SMILES string of the molecule is O[C@@H]1CO[C@@H]2CNCC[C@H]12. The summed E-state index contributed by atoms with van der Waals surface area (Å²) >= 11 is 0. The van der Waals surface area contributed by atoms with Crippen molar-refractivity contribution >= 4 is 0 Å². The fourth-order valence-corrected chi connectivity index (χ4v) is 1.82. The predicted molar refractivity (Wildman–Crippen MR) is 36.7 cm³/mol. The van der Waals surface area contributed by atoms with Crippen LogP contribution >= 0.6 is 0 Å². The first kappa shape index (κ1) is 6.58. The highest BCUT2D eigenvalue weighted by Crippen LogP contribution is 2.25. The fraction of sp³-hybridized carbons (Fsp3) is 1.00. The van der Waals surface area contributed by atoms with Crippen LogP contribution in [0.15, 0.2) is 0 Å². The minimum Gasteiger partial charge on any atom is -0.390 e. The van der Waals surface area contributed by atoms with Gasteiger partial charge in [0.1, 0.15) is 0 Å². The summed E-state index contributed by atoms with van der Waals surface area (Å²) in [6, 6.07) is 0. The highest BCUT2D eigenvalue weighted by molar-refractivity contribution is 4.88. The van der Waals surface area contributed by atoms with E-state index in [1.165, 1.54) is 0 Å². The first-order valence-corrected chi connectivity index (χ1v) is 3.88. The monoisotopic (exact) mass is 143 g/mol. The van der Waals surface area contributed by atoms with Crippen LogP contribution in [-0.4, -0.2) is 37.0 Å². The van der Waals surface area contributed by atoms with E-state index in [9.17, 15) is 5.11 Å². The minimum absolute atomic E-state index is 0.202. The van der Waals surface area contributed by atoms with Gasteiger partial charge in [-0.05, 0) is 13.0 Å². The molecular formula is C7H13NO2. The zero-order chi connectivity index (χ0) is 6.97. The Hall–Kier alpha value is -0.120. The average molecular weight is 143 g/mol. The molecule has 0 spiro atoms. The van der Waals surface area contributed by atoms with Crippen molar-refractivity contribution in [3.63, 3.8) is 0 Å². The van der Waals surface area contributed by atoms with Crippen LogP contribution in [0.3, 0.4) is 0 Å². The van der Waals surface area contributed by atoms with Gasteiger partial charge in [-0.15, -0.1) is 0 Å². The van der Waals surface area contributed by atoms with Gasteiger partial charge in [0.2, 0.25) is 0 Å². The number of aliphatic hydroxyl groups is 1. The van der Waals surface area contributed by atoms with E-state index >= 15 is 0 Å². The average Bonchev–Trinajstić information content (AvgIpc) is 2.34. The highest BCUT2D eigenvalue weighted by atomic mass is 16.5. The zero-order valence-corrected chi connectivity index (χ0v) is 5.92. The maximum atomic E-state index is 9.37. The molecule has 0 amide bonds. The molecule has 10 heavy (non-hydrogen) atoms. The molecule has 2 aliphatic rings. The standard InChI is InChI=1S/C7H13NO2/c9-6-4-10-7-3-8-2-1-5(6)7/h5-9H,1-4H2/t5-,6-,7-/m1/s1. The van der Waals surface area contributed by atoms with Crippen molar-refractivity contribution in [2.24, 2.45) is 5.92 Å². The van der Waals surface area contributed by atoms with Crippen LogP contribution in [0.25, 0.3) is 0 Å². The summed E-state index contributed by atoms with van der Waals surface area (Å²) in [5.74, 6) is 0.404. The van der Waals surface area contributed by atoms with E-state index in [1.54, 1.807) is 0 Å². The molecule has 0 saturated carbocycles. The van der Waals surface area contributed by atoms with E-state index in [2.05, 4.69) is 5.32 Å². The van der Waals surface area contributed by atoms with Crippen molar-refractivity contribution < 1.29 is 9.84 Å². The van der Waals surface area contributed by atoms with Crippen LogP contribution in [0.5, 0.6) is 0 Å². The van der Waals surface area contributed by atoms with Crippen molar-refractivity contribution in [3.05, 3.63) is 0 Å². The summed E-state index contributed by atoms with van der Waals surface area (Å²) in [5, 5.41) is 12.6. The molecule has 3 nitrogen and oxygen atoms in total. The van der Waals surface area contributed by atoms with E-state index in [0.717, 1.165) is 19.5 Å². The van der Waals surface area contributed by atoms with Gasteiger partial charge in [0, 0.05) is 12.5 Å². The Morgan fingerprint density at radius 3 is 3.20 bits per heavy atom. The number of hydrogen-bond donors (Lipinski definition) is 2. The van der Waals surface area contributed by atoms with E-state index in [0.29, 0.717) is 12.5 Å². The zero-order valence-electron chi connectivity index (χ0n) is 5.92. The Morgan fingerprint density at radius 1 is 1.50 bits per heavy atom. The normalized spacial score (nSPS) is 47.1. The lowest BCUT2D eigenvalue weighted by molar-refractivity contribution is 0.0760. The molecule has 3 heteroatoms. The molecule has 2 rings (SSSR count). The Balaban J connectivity index is 2.01. The van der Waals surface area contributed by atoms with Gasteiger partial charge in [-0.2, -0.15) is 0 Å². The molecular weight excluding hydrogens is 130 g/mol. The third-order valence-corrected chi connectivity index (χ3v) is 2.45. The Bertz CT molecular complexity index is 127. The molecule has 0 aromatic heterocycles. The molecule has 0 aliphatic carbocycles. The van der Waals surface area contributed by atoms with Gasteiger partial charge in [0.15, 0.2) is 0 Å². The van der Waals surface area contributed by atoms with Crippen LogP contribution < -0.4 is 5.32 Å². The first-order valence-electron chi connectivity index (χ1n) is 3.88. The highest BCUT2D eigenvalue weighted by Gasteiger charge is 2.37. The van der Waals surface area contributed by atoms with Gasteiger partial charge in [-0.3, -0.25) is 0 Å². The molecule has 2 saturated heterocycles. The summed E-state index contributed by atoms with van der Waals surface area (Å²) in [6.45, 7) is 2.49. The van der Waals surface area contributed by atoms with Crippen molar-refractivity contribution in [1.82, 2.24) is 5.32 Å². The molecule has 2 heterocycles. The number of piperidine rings is 1. The summed E-state index contributed by atoms with van der Waals surface area (Å²) in [6.07, 6.45) is 1.14. The molecule has 2 fully saturated rings. The summed E-state index contributed by atoms with van der Waals surface area (Å²) in [5.41, 5.74) is 0. The maximum absolute atomic E-state index is 9.37. The summed E-state index contributed by atoms with van der Waals surface area (Å²) < 4.78 is 5.36. The number of hydrogen-bond acceptors (Lipinski definition) is 3. The second kappa shape index (κ2) is 2.49. The Kier molecular flexibility index (Phi) is 1.64. The molecule has 0 unspecified atom stereocenters.